The van der Waals surface area contributed by atoms with Crippen molar-refractivity contribution < 1.29 is 5.11 Å². The first-order valence-electron chi connectivity index (χ1n) is 6.04. The quantitative estimate of drug-likeness (QED) is 0.597. The van der Waals surface area contributed by atoms with Crippen LogP contribution in [-0.4, -0.2) is 32.2 Å². The maximum Gasteiger partial charge on any atom is 0.191 e. The molecule has 0 aliphatic heterocycles. The molecule has 0 fully saturated rings. The molecule has 0 aromatic carbocycles. The van der Waals surface area contributed by atoms with Crippen LogP contribution in [0.15, 0.2) is 29.0 Å². The number of aliphatic hydroxyl groups is 1. The number of unbranched alkanes of at least 4 members (excludes halogenated alkanes) is 1. The molecule has 1 N–H and O–H groups in total. The fraction of sp³-hybridized carbons (Fsp3) is 0.500. The van der Waals surface area contributed by atoms with E-state index in [2.05, 4.69) is 32.3 Å². The lowest BCUT2D eigenvalue weighted by Crippen LogP contribution is -2.01. The highest BCUT2D eigenvalue weighted by atomic mass is 32.2. The van der Waals surface area contributed by atoms with Gasteiger partial charge in [0, 0.05) is 23.8 Å². The van der Waals surface area contributed by atoms with Crippen molar-refractivity contribution in [3.05, 3.63) is 28.7 Å². The first-order valence-corrected chi connectivity index (χ1v) is 7.90. The Hall–Kier alpha value is -0.850. The van der Waals surface area contributed by atoms with Gasteiger partial charge >= 0.3 is 0 Å². The molecule has 0 saturated carbocycles. The molecule has 4 nitrogen and oxygen atoms in total. The molecule has 0 aliphatic rings. The number of aromatic nitrogens is 3. The summed E-state index contributed by atoms with van der Waals surface area (Å²) in [6.07, 6.45) is 4.69. The van der Waals surface area contributed by atoms with E-state index in [1.807, 2.05) is 0 Å². The standard InChI is InChI=1S/C12H17N3OS2/c16-7-1-2-8-18-12-14-13-10-15(12)6-5-11-4-3-9-17-11/h3-4,9-10,16H,1-2,5-8H2. The van der Waals surface area contributed by atoms with Crippen LogP contribution < -0.4 is 0 Å². The highest BCUT2D eigenvalue weighted by Gasteiger charge is 2.05. The summed E-state index contributed by atoms with van der Waals surface area (Å²) >= 11 is 3.50. The predicted octanol–water partition coefficient (Wildman–Crippen LogP) is 2.45. The van der Waals surface area contributed by atoms with Gasteiger partial charge in [-0.3, -0.25) is 0 Å². The third kappa shape index (κ3) is 4.12. The smallest absolute Gasteiger partial charge is 0.191 e. The average molecular weight is 283 g/mol. The van der Waals surface area contributed by atoms with Gasteiger partial charge in [0.05, 0.1) is 0 Å². The van der Waals surface area contributed by atoms with Gasteiger partial charge in [-0.25, -0.2) is 0 Å². The van der Waals surface area contributed by atoms with E-state index in [1.165, 1.54) is 4.88 Å². The summed E-state index contributed by atoms with van der Waals surface area (Å²) in [6, 6.07) is 4.24. The minimum atomic E-state index is 0.269. The lowest BCUT2D eigenvalue weighted by molar-refractivity contribution is 0.287. The molecule has 0 saturated heterocycles. The van der Waals surface area contributed by atoms with E-state index in [-0.39, 0.29) is 6.61 Å². The number of aliphatic hydroxyl groups excluding tert-OH is 1. The van der Waals surface area contributed by atoms with E-state index in [4.69, 9.17) is 5.11 Å². The van der Waals surface area contributed by atoms with Gasteiger partial charge in [0.15, 0.2) is 5.16 Å². The number of thioether (sulfide) groups is 1. The molecule has 0 radical (unpaired) electrons. The van der Waals surface area contributed by atoms with Crippen molar-refractivity contribution in [2.45, 2.75) is 31.0 Å². The van der Waals surface area contributed by atoms with Gasteiger partial charge in [-0.2, -0.15) is 0 Å². The van der Waals surface area contributed by atoms with Crippen LogP contribution in [0, 0.1) is 0 Å². The van der Waals surface area contributed by atoms with Crippen molar-refractivity contribution in [1.29, 1.82) is 0 Å². The molecule has 2 aromatic heterocycles. The highest BCUT2D eigenvalue weighted by Crippen LogP contribution is 2.17. The number of thiophene rings is 1. The van der Waals surface area contributed by atoms with Crippen LogP contribution >= 0.6 is 23.1 Å². The van der Waals surface area contributed by atoms with Crippen molar-refractivity contribution in [3.63, 3.8) is 0 Å². The Morgan fingerprint density at radius 1 is 1.39 bits per heavy atom. The van der Waals surface area contributed by atoms with Crippen molar-refractivity contribution in [1.82, 2.24) is 14.8 Å². The Morgan fingerprint density at radius 2 is 2.33 bits per heavy atom. The SMILES string of the molecule is OCCCCSc1nncn1CCc1cccs1. The molecule has 0 atom stereocenters. The predicted molar refractivity (Wildman–Crippen MR) is 75.1 cm³/mol. The lowest BCUT2D eigenvalue weighted by Gasteiger charge is -2.04. The molecule has 0 unspecified atom stereocenters. The van der Waals surface area contributed by atoms with E-state index in [1.54, 1.807) is 29.4 Å². The number of hydrogen-bond acceptors (Lipinski definition) is 5. The van der Waals surface area contributed by atoms with Gasteiger partial charge in [0.1, 0.15) is 6.33 Å². The lowest BCUT2D eigenvalue weighted by atomic mass is 10.3. The molecular weight excluding hydrogens is 266 g/mol. The number of hydrogen-bond donors (Lipinski definition) is 1. The Labute approximate surface area is 115 Å². The molecule has 2 aromatic rings. The van der Waals surface area contributed by atoms with E-state index in [0.717, 1.165) is 36.7 Å². The molecule has 18 heavy (non-hydrogen) atoms. The van der Waals surface area contributed by atoms with Crippen LogP contribution in [-0.2, 0) is 13.0 Å². The monoisotopic (exact) mass is 283 g/mol. The van der Waals surface area contributed by atoms with E-state index in [9.17, 15) is 0 Å². The average Bonchev–Trinajstić information content (AvgIpc) is 3.03. The molecule has 6 heteroatoms. The molecule has 0 amide bonds. The Balaban J connectivity index is 1.79. The highest BCUT2D eigenvalue weighted by molar-refractivity contribution is 7.99. The zero-order valence-electron chi connectivity index (χ0n) is 10.2. The summed E-state index contributed by atoms with van der Waals surface area (Å²) in [5.74, 6) is 0.984. The second-order valence-electron chi connectivity index (χ2n) is 3.92. The largest absolute Gasteiger partial charge is 0.396 e. The fourth-order valence-electron chi connectivity index (χ4n) is 1.57. The molecule has 0 bridgehead atoms. The van der Waals surface area contributed by atoms with Gasteiger partial charge in [0.25, 0.3) is 0 Å². The van der Waals surface area contributed by atoms with Gasteiger partial charge in [-0.05, 0) is 30.7 Å². The van der Waals surface area contributed by atoms with Crippen molar-refractivity contribution in [2.75, 3.05) is 12.4 Å². The maximum absolute atomic E-state index is 8.73. The second kappa shape index (κ2) is 7.56. The summed E-state index contributed by atoms with van der Waals surface area (Å²) < 4.78 is 2.10. The Kier molecular flexibility index (Phi) is 5.70. The number of rotatable bonds is 8. The minimum Gasteiger partial charge on any atom is -0.396 e. The number of nitrogens with zero attached hydrogens (tertiary/aromatic N) is 3. The number of aryl methyl sites for hydroxylation is 2. The van der Waals surface area contributed by atoms with Crippen LogP contribution in [0.1, 0.15) is 17.7 Å². The molecule has 0 aliphatic carbocycles. The van der Waals surface area contributed by atoms with Gasteiger partial charge in [0.2, 0.25) is 0 Å². The molecule has 2 heterocycles. The van der Waals surface area contributed by atoms with E-state index >= 15 is 0 Å². The van der Waals surface area contributed by atoms with Crippen LogP contribution in [0.25, 0.3) is 0 Å². The molecule has 2 rings (SSSR count). The van der Waals surface area contributed by atoms with Crippen molar-refractivity contribution in [3.8, 4) is 0 Å². The van der Waals surface area contributed by atoms with Crippen LogP contribution in [0.2, 0.25) is 0 Å². The topological polar surface area (TPSA) is 50.9 Å². The molecule has 98 valence electrons. The zero-order chi connectivity index (χ0) is 12.6. The second-order valence-corrected chi connectivity index (χ2v) is 6.01. The van der Waals surface area contributed by atoms with Gasteiger partial charge in [-0.1, -0.05) is 17.8 Å². The van der Waals surface area contributed by atoms with Crippen LogP contribution in [0.4, 0.5) is 0 Å². The Bertz CT molecular complexity index is 442. The summed E-state index contributed by atoms with van der Waals surface area (Å²) in [5.41, 5.74) is 0. The minimum absolute atomic E-state index is 0.269. The van der Waals surface area contributed by atoms with Gasteiger partial charge < -0.3 is 9.67 Å². The zero-order valence-corrected chi connectivity index (χ0v) is 11.8. The summed E-state index contributed by atoms with van der Waals surface area (Å²) in [7, 11) is 0. The van der Waals surface area contributed by atoms with E-state index in [0.29, 0.717) is 0 Å². The van der Waals surface area contributed by atoms with Crippen LogP contribution in [0.3, 0.4) is 0 Å². The van der Waals surface area contributed by atoms with Crippen LogP contribution in [0.5, 0.6) is 0 Å². The van der Waals surface area contributed by atoms with Gasteiger partial charge in [-0.15, -0.1) is 21.5 Å². The Morgan fingerprint density at radius 3 is 3.11 bits per heavy atom. The fourth-order valence-corrected chi connectivity index (χ4v) is 3.21. The summed E-state index contributed by atoms with van der Waals surface area (Å²) in [4.78, 5) is 1.39. The maximum atomic E-state index is 8.73. The third-order valence-electron chi connectivity index (χ3n) is 2.54. The molecule has 0 spiro atoms. The summed E-state index contributed by atoms with van der Waals surface area (Å²) in [5, 5.41) is 19.9. The van der Waals surface area contributed by atoms with E-state index < -0.39 is 0 Å². The first kappa shape index (κ1) is 13.6. The van der Waals surface area contributed by atoms with Crippen molar-refractivity contribution >= 4 is 23.1 Å². The first-order chi connectivity index (χ1) is 8.90. The third-order valence-corrected chi connectivity index (χ3v) is 4.55. The summed E-state index contributed by atoms with van der Waals surface area (Å²) in [6.45, 7) is 1.20. The molecular formula is C12H17N3OS2. The normalized spacial score (nSPS) is 10.9. The van der Waals surface area contributed by atoms with Crippen molar-refractivity contribution in [2.24, 2.45) is 0 Å².